The highest BCUT2D eigenvalue weighted by Gasteiger charge is 2.22. The van der Waals surface area contributed by atoms with Gasteiger partial charge in [-0.2, -0.15) is 4.68 Å². The molecule has 2 heterocycles. The number of piperazine rings is 1. The Bertz CT molecular complexity index is 1420. The molecule has 1 aromatic heterocycles. The molecule has 0 unspecified atom stereocenters. The van der Waals surface area contributed by atoms with E-state index in [4.69, 9.17) is 0 Å². The first-order valence-electron chi connectivity index (χ1n) is 12.1. The van der Waals surface area contributed by atoms with E-state index in [0.717, 1.165) is 40.2 Å². The molecule has 0 saturated carbocycles. The molecule has 1 saturated heterocycles. The maximum absolute atomic E-state index is 12.8. The normalized spacial score (nSPS) is 13.4. The topological polar surface area (TPSA) is 96.2 Å². The predicted octanol–water partition coefficient (Wildman–Crippen LogP) is 4.43. The van der Waals surface area contributed by atoms with Gasteiger partial charge >= 0.3 is 0 Å². The Kier molecular flexibility index (Phi) is 8.04. The van der Waals surface area contributed by atoms with E-state index in [1.165, 1.54) is 11.8 Å². The summed E-state index contributed by atoms with van der Waals surface area (Å²) in [5.41, 5.74) is 4.41. The highest BCUT2D eigenvalue weighted by atomic mass is 79.9. The van der Waals surface area contributed by atoms with Gasteiger partial charge in [-0.15, -0.1) is 5.10 Å². The number of nitrogens with zero attached hydrogens (tertiary/aromatic N) is 6. The van der Waals surface area contributed by atoms with Gasteiger partial charge in [0.15, 0.2) is 0 Å². The van der Waals surface area contributed by atoms with E-state index in [0.29, 0.717) is 23.8 Å². The van der Waals surface area contributed by atoms with Gasteiger partial charge in [0.05, 0.1) is 11.4 Å². The van der Waals surface area contributed by atoms with E-state index in [1.807, 2.05) is 84.6 Å². The number of tetrazole rings is 1. The van der Waals surface area contributed by atoms with Crippen molar-refractivity contribution in [2.24, 2.45) is 0 Å². The summed E-state index contributed by atoms with van der Waals surface area (Å²) in [6.45, 7) is 4.81. The summed E-state index contributed by atoms with van der Waals surface area (Å²) in [5, 5.41) is 15.4. The molecule has 38 heavy (non-hydrogen) atoms. The fourth-order valence-electron chi connectivity index (χ4n) is 4.25. The van der Waals surface area contributed by atoms with E-state index < -0.39 is 0 Å². The molecule has 0 spiro atoms. The van der Waals surface area contributed by atoms with Crippen molar-refractivity contribution in [1.29, 1.82) is 0 Å². The summed E-state index contributed by atoms with van der Waals surface area (Å²) in [6, 6.07) is 23.1. The van der Waals surface area contributed by atoms with Crippen LogP contribution in [0.5, 0.6) is 0 Å². The van der Waals surface area contributed by atoms with E-state index >= 15 is 0 Å². The van der Waals surface area contributed by atoms with Crippen LogP contribution >= 0.6 is 27.7 Å². The summed E-state index contributed by atoms with van der Waals surface area (Å²) >= 11 is 4.69. The maximum atomic E-state index is 12.8. The second kappa shape index (κ2) is 11.8. The van der Waals surface area contributed by atoms with E-state index in [-0.39, 0.29) is 17.6 Å². The average Bonchev–Trinajstić information content (AvgIpc) is 3.41. The van der Waals surface area contributed by atoms with Gasteiger partial charge in [0.2, 0.25) is 11.1 Å². The maximum Gasteiger partial charge on any atom is 0.253 e. The minimum atomic E-state index is -0.137. The van der Waals surface area contributed by atoms with Crippen LogP contribution in [0.4, 0.5) is 11.4 Å². The van der Waals surface area contributed by atoms with Crippen molar-refractivity contribution in [3.05, 3.63) is 88.4 Å². The quantitative estimate of drug-likeness (QED) is 0.318. The summed E-state index contributed by atoms with van der Waals surface area (Å²) in [6.07, 6.45) is 0. The molecule has 1 N–H and O–H groups in total. The zero-order chi connectivity index (χ0) is 26.5. The lowest BCUT2D eigenvalue weighted by atomic mass is 10.1. The number of carbonyl (C=O) groups is 2. The van der Waals surface area contributed by atoms with Crippen LogP contribution in [0.3, 0.4) is 0 Å². The first-order chi connectivity index (χ1) is 18.5. The second-order valence-electron chi connectivity index (χ2n) is 8.83. The fraction of sp³-hybridized carbons (Fsp3) is 0.222. The molecule has 0 aliphatic carbocycles. The Morgan fingerprint density at radius 1 is 0.947 bits per heavy atom. The molecule has 3 aromatic carbocycles. The molecule has 1 aliphatic heterocycles. The first-order valence-corrected chi connectivity index (χ1v) is 13.9. The van der Waals surface area contributed by atoms with Crippen LogP contribution in [-0.4, -0.2) is 68.9 Å². The number of benzene rings is 3. The number of thioether (sulfide) groups is 1. The monoisotopic (exact) mass is 591 g/mol. The Balaban J connectivity index is 1.11. The number of aryl methyl sites for hydroxylation is 1. The van der Waals surface area contributed by atoms with E-state index in [2.05, 4.69) is 41.7 Å². The number of nitrogens with one attached hydrogen (secondary N) is 1. The number of anilines is 2. The molecule has 11 heteroatoms. The molecule has 1 fully saturated rings. The van der Waals surface area contributed by atoms with E-state index in [9.17, 15) is 9.59 Å². The summed E-state index contributed by atoms with van der Waals surface area (Å²) < 4.78 is 2.60. The smallest absolute Gasteiger partial charge is 0.253 e. The van der Waals surface area contributed by atoms with Crippen molar-refractivity contribution >= 4 is 50.9 Å². The highest BCUT2D eigenvalue weighted by molar-refractivity contribution is 9.10. The third kappa shape index (κ3) is 6.05. The lowest BCUT2D eigenvalue weighted by molar-refractivity contribution is -0.113. The van der Waals surface area contributed by atoms with Crippen molar-refractivity contribution in [2.45, 2.75) is 12.1 Å². The van der Waals surface area contributed by atoms with Crippen LogP contribution in [0.1, 0.15) is 15.9 Å². The molecule has 9 nitrogen and oxygen atoms in total. The van der Waals surface area contributed by atoms with Gasteiger partial charge in [0.1, 0.15) is 0 Å². The molecular formula is C27H26BrN7O2S. The molecule has 1 aliphatic rings. The number of hydrogen-bond acceptors (Lipinski definition) is 7. The third-order valence-corrected chi connectivity index (χ3v) is 7.74. The zero-order valence-electron chi connectivity index (χ0n) is 20.7. The standard InChI is InChI=1S/C27H26BrN7O2S/c1-19-4-2-3-5-24(19)35-27(30-31-32-35)38-18-25(36)29-22-10-12-23(13-11-22)33-14-16-34(17-15-33)26(37)20-6-8-21(28)9-7-20/h2-13H,14-18H2,1H3,(H,29,36). The van der Waals surface area contributed by atoms with Crippen molar-refractivity contribution in [3.8, 4) is 5.69 Å². The lowest BCUT2D eigenvalue weighted by Gasteiger charge is -2.36. The van der Waals surface area contributed by atoms with Crippen molar-refractivity contribution in [1.82, 2.24) is 25.1 Å². The molecule has 2 amide bonds. The molecule has 0 radical (unpaired) electrons. The van der Waals surface area contributed by atoms with Gasteiger partial charge in [-0.05, 0) is 77.5 Å². The van der Waals surface area contributed by atoms with Gasteiger partial charge in [-0.1, -0.05) is 45.9 Å². The third-order valence-electron chi connectivity index (χ3n) is 6.29. The van der Waals surface area contributed by atoms with Crippen LogP contribution < -0.4 is 10.2 Å². The SMILES string of the molecule is Cc1ccccc1-n1nnnc1SCC(=O)Nc1ccc(N2CCN(C(=O)c3ccc(Br)cc3)CC2)cc1. The van der Waals surface area contributed by atoms with Gasteiger partial charge in [-0.3, -0.25) is 9.59 Å². The number of halogens is 1. The van der Waals surface area contributed by atoms with Crippen LogP contribution in [0.2, 0.25) is 0 Å². The Labute approximate surface area is 233 Å². The predicted molar refractivity (Wildman–Crippen MR) is 152 cm³/mol. The minimum Gasteiger partial charge on any atom is -0.368 e. The number of carbonyl (C=O) groups excluding carboxylic acids is 2. The molecule has 4 aromatic rings. The molecule has 0 atom stereocenters. The molecule has 5 rings (SSSR count). The van der Waals surface area contributed by atoms with Gasteiger partial charge in [-0.25, -0.2) is 0 Å². The molecule has 194 valence electrons. The summed E-state index contributed by atoms with van der Waals surface area (Å²) in [5.74, 6) is 0.102. The van der Waals surface area contributed by atoms with Crippen molar-refractivity contribution < 1.29 is 9.59 Å². The van der Waals surface area contributed by atoms with Crippen LogP contribution in [0.25, 0.3) is 5.69 Å². The fourth-order valence-corrected chi connectivity index (χ4v) is 5.19. The highest BCUT2D eigenvalue weighted by Crippen LogP contribution is 2.23. The van der Waals surface area contributed by atoms with Gasteiger partial charge < -0.3 is 15.1 Å². The number of rotatable bonds is 7. The lowest BCUT2D eigenvalue weighted by Crippen LogP contribution is -2.48. The van der Waals surface area contributed by atoms with Gasteiger partial charge in [0.25, 0.3) is 5.91 Å². The average molecular weight is 593 g/mol. The summed E-state index contributed by atoms with van der Waals surface area (Å²) in [4.78, 5) is 29.5. The van der Waals surface area contributed by atoms with Crippen LogP contribution in [0.15, 0.2) is 82.4 Å². The first kappa shape index (κ1) is 25.9. The van der Waals surface area contributed by atoms with Crippen molar-refractivity contribution in [2.75, 3.05) is 42.1 Å². The van der Waals surface area contributed by atoms with Crippen LogP contribution in [0, 0.1) is 6.92 Å². The van der Waals surface area contributed by atoms with Crippen LogP contribution in [-0.2, 0) is 4.79 Å². The number of aromatic nitrogens is 4. The summed E-state index contributed by atoms with van der Waals surface area (Å²) in [7, 11) is 0. The van der Waals surface area contributed by atoms with E-state index in [1.54, 1.807) is 4.68 Å². The largest absolute Gasteiger partial charge is 0.368 e. The zero-order valence-corrected chi connectivity index (χ0v) is 23.2. The number of hydrogen-bond donors (Lipinski definition) is 1. The molecule has 0 bridgehead atoms. The minimum absolute atomic E-state index is 0.0565. The molecular weight excluding hydrogens is 566 g/mol. The number of amides is 2. The van der Waals surface area contributed by atoms with Crippen molar-refractivity contribution in [3.63, 3.8) is 0 Å². The Morgan fingerprint density at radius 2 is 1.66 bits per heavy atom. The Morgan fingerprint density at radius 3 is 2.37 bits per heavy atom. The Hall–Kier alpha value is -3.70. The second-order valence-corrected chi connectivity index (χ2v) is 10.7. The number of para-hydroxylation sites is 1. The van der Waals surface area contributed by atoms with Gasteiger partial charge in [0, 0.05) is 47.6 Å².